The summed E-state index contributed by atoms with van der Waals surface area (Å²) in [5, 5.41) is 10.8. The Bertz CT molecular complexity index is 612. The summed E-state index contributed by atoms with van der Waals surface area (Å²) in [5.74, 6) is -0.406. The zero-order valence-electron chi connectivity index (χ0n) is 12.1. The Morgan fingerprint density at radius 1 is 1.23 bits per heavy atom. The summed E-state index contributed by atoms with van der Waals surface area (Å²) >= 11 is 1.49. The number of thiophene rings is 1. The molecule has 0 radical (unpaired) electrons. The second-order valence-electron chi connectivity index (χ2n) is 4.77. The molecule has 5 nitrogen and oxygen atoms in total. The number of carboxylic acid groups (broad SMARTS) is 1. The third kappa shape index (κ3) is 4.33. The van der Waals surface area contributed by atoms with E-state index in [1.807, 2.05) is 23.6 Å². The van der Waals surface area contributed by atoms with Crippen molar-refractivity contribution in [2.75, 3.05) is 13.6 Å². The number of esters is 1. The maximum Gasteiger partial charge on any atom is 0.407 e. The minimum Gasteiger partial charge on any atom is -0.465 e. The molecule has 0 bridgehead atoms. The van der Waals surface area contributed by atoms with E-state index in [-0.39, 0.29) is 0 Å². The van der Waals surface area contributed by atoms with Crippen molar-refractivity contribution in [1.82, 2.24) is 4.90 Å². The lowest BCUT2D eigenvalue weighted by Gasteiger charge is -2.20. The molecule has 1 aromatic heterocycles. The van der Waals surface area contributed by atoms with Crippen molar-refractivity contribution in [2.45, 2.75) is 12.5 Å². The molecule has 0 saturated heterocycles. The average Bonchev–Trinajstić information content (AvgIpc) is 3.05. The summed E-state index contributed by atoms with van der Waals surface area (Å²) < 4.78 is 5.56. The first-order valence-electron chi connectivity index (χ1n) is 6.81. The minimum atomic E-state index is -1.00. The number of amides is 1. The summed E-state index contributed by atoms with van der Waals surface area (Å²) in [6, 6.07) is 12.5. The molecule has 0 unspecified atom stereocenters. The van der Waals surface area contributed by atoms with Crippen LogP contribution in [-0.4, -0.2) is 35.7 Å². The molecule has 1 atom stereocenters. The van der Waals surface area contributed by atoms with Gasteiger partial charge in [0.25, 0.3) is 0 Å². The van der Waals surface area contributed by atoms with Crippen LogP contribution in [0.1, 0.15) is 27.8 Å². The van der Waals surface area contributed by atoms with Gasteiger partial charge in [0.1, 0.15) is 6.10 Å². The maximum absolute atomic E-state index is 12.2. The molecule has 0 aliphatic rings. The van der Waals surface area contributed by atoms with Gasteiger partial charge in [-0.05, 0) is 23.6 Å². The van der Waals surface area contributed by atoms with Crippen LogP contribution in [0.15, 0.2) is 47.8 Å². The molecular formula is C16H17NO4S. The zero-order valence-corrected chi connectivity index (χ0v) is 13.0. The number of carbonyl (C=O) groups excluding carboxylic acids is 1. The summed E-state index contributed by atoms with van der Waals surface area (Å²) in [4.78, 5) is 25.1. The van der Waals surface area contributed by atoms with Crippen molar-refractivity contribution >= 4 is 23.4 Å². The minimum absolute atomic E-state index is 0.292. The van der Waals surface area contributed by atoms with Gasteiger partial charge < -0.3 is 14.7 Å². The quantitative estimate of drug-likeness (QED) is 0.825. The van der Waals surface area contributed by atoms with Crippen LogP contribution in [0.25, 0.3) is 0 Å². The van der Waals surface area contributed by atoms with Crippen LogP contribution in [0.3, 0.4) is 0 Å². The van der Waals surface area contributed by atoms with E-state index in [0.717, 1.165) is 4.88 Å². The van der Waals surface area contributed by atoms with Crippen molar-refractivity contribution in [3.05, 3.63) is 58.3 Å². The molecule has 0 spiro atoms. The highest BCUT2D eigenvalue weighted by molar-refractivity contribution is 7.10. The first-order chi connectivity index (χ1) is 10.6. The molecule has 0 saturated carbocycles. The van der Waals surface area contributed by atoms with Crippen LogP contribution < -0.4 is 0 Å². The van der Waals surface area contributed by atoms with E-state index in [1.54, 1.807) is 24.3 Å². The van der Waals surface area contributed by atoms with Gasteiger partial charge in [-0.15, -0.1) is 11.3 Å². The predicted octanol–water partition coefficient (Wildman–Crippen LogP) is 3.65. The van der Waals surface area contributed by atoms with E-state index >= 15 is 0 Å². The van der Waals surface area contributed by atoms with Crippen LogP contribution >= 0.6 is 11.3 Å². The van der Waals surface area contributed by atoms with Gasteiger partial charge in [-0.2, -0.15) is 0 Å². The Morgan fingerprint density at radius 3 is 2.55 bits per heavy atom. The standard InChI is InChI=1S/C16H17NO4S/c1-17(16(19)20)10-9-13(14-8-5-11-22-14)21-15(18)12-6-3-2-4-7-12/h2-8,11,13H,9-10H2,1H3,(H,19,20)/t13-/m0/s1. The van der Waals surface area contributed by atoms with Crippen LogP contribution in [-0.2, 0) is 4.74 Å². The van der Waals surface area contributed by atoms with Gasteiger partial charge >= 0.3 is 12.1 Å². The Labute approximate surface area is 132 Å². The van der Waals surface area contributed by atoms with Gasteiger partial charge in [-0.3, -0.25) is 0 Å². The summed E-state index contributed by atoms with van der Waals surface area (Å²) in [7, 11) is 1.49. The van der Waals surface area contributed by atoms with Gasteiger partial charge in [-0.25, -0.2) is 9.59 Å². The Morgan fingerprint density at radius 2 is 1.95 bits per heavy atom. The van der Waals surface area contributed by atoms with E-state index in [1.165, 1.54) is 23.3 Å². The van der Waals surface area contributed by atoms with E-state index < -0.39 is 18.2 Å². The van der Waals surface area contributed by atoms with Crippen molar-refractivity contribution in [2.24, 2.45) is 0 Å². The first kappa shape index (κ1) is 16.0. The number of nitrogens with zero attached hydrogens (tertiary/aromatic N) is 1. The molecule has 0 aliphatic heterocycles. The fourth-order valence-corrected chi connectivity index (χ4v) is 2.70. The molecule has 2 aromatic rings. The highest BCUT2D eigenvalue weighted by Crippen LogP contribution is 2.27. The lowest BCUT2D eigenvalue weighted by molar-refractivity contribution is 0.0268. The molecule has 1 amide bonds. The topological polar surface area (TPSA) is 66.8 Å². The second-order valence-corrected chi connectivity index (χ2v) is 5.75. The van der Waals surface area contributed by atoms with Gasteiger partial charge in [-0.1, -0.05) is 24.3 Å². The van der Waals surface area contributed by atoms with E-state index in [9.17, 15) is 9.59 Å². The van der Waals surface area contributed by atoms with Gasteiger partial charge in [0.2, 0.25) is 0 Å². The number of ether oxygens (including phenoxy) is 1. The van der Waals surface area contributed by atoms with E-state index in [4.69, 9.17) is 9.84 Å². The van der Waals surface area contributed by atoms with E-state index in [2.05, 4.69) is 0 Å². The van der Waals surface area contributed by atoms with Gasteiger partial charge in [0.05, 0.1) is 5.56 Å². The SMILES string of the molecule is CN(CC[C@H](OC(=O)c1ccccc1)c1cccs1)C(=O)O. The fraction of sp³-hybridized carbons (Fsp3) is 0.250. The Hall–Kier alpha value is -2.34. The third-order valence-corrected chi connectivity index (χ3v) is 4.14. The number of hydrogen-bond donors (Lipinski definition) is 1. The molecule has 0 fully saturated rings. The molecule has 1 aromatic carbocycles. The number of benzene rings is 1. The molecule has 6 heteroatoms. The molecule has 1 heterocycles. The smallest absolute Gasteiger partial charge is 0.407 e. The van der Waals surface area contributed by atoms with Crippen LogP contribution in [0.5, 0.6) is 0 Å². The number of rotatable bonds is 6. The lowest BCUT2D eigenvalue weighted by atomic mass is 10.2. The monoisotopic (exact) mass is 319 g/mol. The summed E-state index contributed by atoms with van der Waals surface area (Å²) in [5.41, 5.74) is 0.482. The molecular weight excluding hydrogens is 302 g/mol. The number of hydrogen-bond acceptors (Lipinski definition) is 4. The van der Waals surface area contributed by atoms with Gasteiger partial charge in [0, 0.05) is 24.9 Å². The van der Waals surface area contributed by atoms with Crippen LogP contribution in [0.2, 0.25) is 0 Å². The van der Waals surface area contributed by atoms with Crippen LogP contribution in [0.4, 0.5) is 4.79 Å². The Balaban J connectivity index is 2.05. The highest BCUT2D eigenvalue weighted by Gasteiger charge is 2.20. The average molecular weight is 319 g/mol. The van der Waals surface area contributed by atoms with Gasteiger partial charge in [0.15, 0.2) is 0 Å². The second kappa shape index (κ2) is 7.61. The normalized spacial score (nSPS) is 11.7. The van der Waals surface area contributed by atoms with Crippen molar-refractivity contribution < 1.29 is 19.4 Å². The first-order valence-corrected chi connectivity index (χ1v) is 7.69. The van der Waals surface area contributed by atoms with Crippen molar-refractivity contribution in [1.29, 1.82) is 0 Å². The fourth-order valence-electron chi connectivity index (χ4n) is 1.91. The highest BCUT2D eigenvalue weighted by atomic mass is 32.1. The number of carbonyl (C=O) groups is 2. The third-order valence-electron chi connectivity index (χ3n) is 3.17. The Kier molecular flexibility index (Phi) is 5.55. The predicted molar refractivity (Wildman–Crippen MR) is 84.2 cm³/mol. The van der Waals surface area contributed by atoms with Crippen LogP contribution in [0, 0.1) is 0 Å². The summed E-state index contributed by atoms with van der Waals surface area (Å²) in [6.07, 6.45) is -1.03. The molecule has 2 rings (SSSR count). The zero-order chi connectivity index (χ0) is 15.9. The van der Waals surface area contributed by atoms with Crippen molar-refractivity contribution in [3.8, 4) is 0 Å². The van der Waals surface area contributed by atoms with E-state index in [0.29, 0.717) is 18.5 Å². The molecule has 22 heavy (non-hydrogen) atoms. The maximum atomic E-state index is 12.2. The summed E-state index contributed by atoms with van der Waals surface area (Å²) in [6.45, 7) is 0.292. The molecule has 116 valence electrons. The molecule has 0 aliphatic carbocycles. The van der Waals surface area contributed by atoms with Crippen molar-refractivity contribution in [3.63, 3.8) is 0 Å². The molecule has 1 N–H and O–H groups in total. The largest absolute Gasteiger partial charge is 0.465 e. The lowest BCUT2D eigenvalue weighted by Crippen LogP contribution is -2.27.